The molecule has 0 aliphatic rings. The van der Waals surface area contributed by atoms with Crippen molar-refractivity contribution >= 4 is 11.9 Å². The summed E-state index contributed by atoms with van der Waals surface area (Å²) in [5.41, 5.74) is 0.303. The molecule has 0 aliphatic heterocycles. The highest BCUT2D eigenvalue weighted by molar-refractivity contribution is 5.97. The fourth-order valence-electron chi connectivity index (χ4n) is 1.42. The SMILES string of the molecule is CCOC(=O)C(C)NC(=O)c1cccc(C)c1F. The Labute approximate surface area is 105 Å². The van der Waals surface area contributed by atoms with E-state index in [-0.39, 0.29) is 12.2 Å². The van der Waals surface area contributed by atoms with Crippen molar-refractivity contribution in [3.05, 3.63) is 35.1 Å². The average molecular weight is 253 g/mol. The Balaban J connectivity index is 2.77. The molecule has 1 N–H and O–H groups in total. The topological polar surface area (TPSA) is 55.4 Å². The van der Waals surface area contributed by atoms with Gasteiger partial charge < -0.3 is 10.1 Å². The number of carbonyl (C=O) groups is 2. The minimum atomic E-state index is -0.808. The summed E-state index contributed by atoms with van der Waals surface area (Å²) in [5.74, 6) is -1.75. The first-order valence-corrected chi connectivity index (χ1v) is 5.70. The number of aryl methyl sites for hydroxylation is 1. The van der Waals surface area contributed by atoms with Gasteiger partial charge in [-0.25, -0.2) is 9.18 Å². The highest BCUT2D eigenvalue weighted by atomic mass is 19.1. The monoisotopic (exact) mass is 253 g/mol. The molecule has 0 radical (unpaired) electrons. The van der Waals surface area contributed by atoms with Crippen LogP contribution in [0.1, 0.15) is 29.8 Å². The van der Waals surface area contributed by atoms with E-state index < -0.39 is 23.7 Å². The van der Waals surface area contributed by atoms with Gasteiger partial charge in [0.2, 0.25) is 0 Å². The van der Waals surface area contributed by atoms with Crippen LogP contribution in [0, 0.1) is 12.7 Å². The van der Waals surface area contributed by atoms with Gasteiger partial charge in [-0.05, 0) is 32.4 Å². The Kier molecular flexibility index (Phi) is 4.83. The molecule has 0 saturated heterocycles. The van der Waals surface area contributed by atoms with Gasteiger partial charge in [0.25, 0.3) is 5.91 Å². The van der Waals surface area contributed by atoms with Crippen molar-refractivity contribution in [3.8, 4) is 0 Å². The van der Waals surface area contributed by atoms with Crippen LogP contribution in [0.2, 0.25) is 0 Å². The van der Waals surface area contributed by atoms with Gasteiger partial charge in [0.05, 0.1) is 12.2 Å². The van der Waals surface area contributed by atoms with Gasteiger partial charge >= 0.3 is 5.97 Å². The second-order valence-electron chi connectivity index (χ2n) is 3.88. The molecule has 0 aromatic heterocycles. The molecule has 18 heavy (non-hydrogen) atoms. The first kappa shape index (κ1) is 14.2. The van der Waals surface area contributed by atoms with Crippen molar-refractivity contribution in [2.75, 3.05) is 6.61 Å². The Morgan fingerprint density at radius 2 is 2.11 bits per heavy atom. The molecule has 0 spiro atoms. The number of amides is 1. The number of rotatable bonds is 4. The summed E-state index contributed by atoms with van der Waals surface area (Å²) in [6.45, 7) is 4.97. The fraction of sp³-hybridized carbons (Fsp3) is 0.385. The highest BCUT2D eigenvalue weighted by Crippen LogP contribution is 2.11. The van der Waals surface area contributed by atoms with Crippen LogP contribution in [0.4, 0.5) is 4.39 Å². The van der Waals surface area contributed by atoms with E-state index in [1.807, 2.05) is 0 Å². The summed E-state index contributed by atoms with van der Waals surface area (Å²) in [6, 6.07) is 3.72. The van der Waals surface area contributed by atoms with Gasteiger partial charge in [-0.3, -0.25) is 4.79 Å². The molecule has 98 valence electrons. The zero-order chi connectivity index (χ0) is 13.7. The normalized spacial score (nSPS) is 11.8. The van der Waals surface area contributed by atoms with Crippen molar-refractivity contribution in [3.63, 3.8) is 0 Å². The van der Waals surface area contributed by atoms with Gasteiger partial charge in [-0.1, -0.05) is 12.1 Å². The van der Waals surface area contributed by atoms with E-state index in [1.54, 1.807) is 26.0 Å². The van der Waals surface area contributed by atoms with Gasteiger partial charge in [-0.2, -0.15) is 0 Å². The van der Waals surface area contributed by atoms with Crippen LogP contribution in [-0.2, 0) is 9.53 Å². The van der Waals surface area contributed by atoms with E-state index in [2.05, 4.69) is 5.32 Å². The maximum atomic E-state index is 13.7. The average Bonchev–Trinajstić information content (AvgIpc) is 2.32. The minimum Gasteiger partial charge on any atom is -0.464 e. The molecule has 1 aromatic rings. The van der Waals surface area contributed by atoms with Gasteiger partial charge in [0.15, 0.2) is 0 Å². The summed E-state index contributed by atoms with van der Waals surface area (Å²) in [4.78, 5) is 23.1. The Morgan fingerprint density at radius 1 is 1.44 bits per heavy atom. The van der Waals surface area contributed by atoms with E-state index in [4.69, 9.17) is 4.74 Å². The number of nitrogens with one attached hydrogen (secondary N) is 1. The summed E-state index contributed by atoms with van der Waals surface area (Å²) in [5, 5.41) is 2.40. The molecule has 1 unspecified atom stereocenters. The van der Waals surface area contributed by atoms with E-state index >= 15 is 0 Å². The lowest BCUT2D eigenvalue weighted by molar-refractivity contribution is -0.144. The number of benzene rings is 1. The number of halogens is 1. The molecule has 0 saturated carbocycles. The van der Waals surface area contributed by atoms with Gasteiger partial charge in [0.1, 0.15) is 11.9 Å². The summed E-state index contributed by atoms with van der Waals surface area (Å²) in [7, 11) is 0. The summed E-state index contributed by atoms with van der Waals surface area (Å²) in [6.07, 6.45) is 0. The Hall–Kier alpha value is -1.91. The number of hydrogen-bond acceptors (Lipinski definition) is 3. The largest absolute Gasteiger partial charge is 0.464 e. The van der Waals surface area contributed by atoms with Crippen LogP contribution in [0.3, 0.4) is 0 Å². The molecular formula is C13H16FNO3. The van der Waals surface area contributed by atoms with Crippen LogP contribution in [-0.4, -0.2) is 24.5 Å². The number of carbonyl (C=O) groups excluding carboxylic acids is 2. The first-order chi connectivity index (χ1) is 8.47. The molecule has 1 atom stereocenters. The second kappa shape index (κ2) is 6.14. The number of ether oxygens (including phenoxy) is 1. The molecule has 5 heteroatoms. The lowest BCUT2D eigenvalue weighted by Crippen LogP contribution is -2.39. The molecule has 1 aromatic carbocycles. The van der Waals surface area contributed by atoms with Crippen molar-refractivity contribution in [2.24, 2.45) is 0 Å². The molecule has 1 rings (SSSR count). The number of hydrogen-bond donors (Lipinski definition) is 1. The molecule has 0 heterocycles. The third-order valence-electron chi connectivity index (χ3n) is 2.42. The van der Waals surface area contributed by atoms with Crippen LogP contribution < -0.4 is 5.32 Å². The molecule has 0 fully saturated rings. The molecule has 4 nitrogen and oxygen atoms in total. The molecule has 0 bridgehead atoms. The van der Waals surface area contributed by atoms with Crippen molar-refractivity contribution in [1.82, 2.24) is 5.32 Å². The molecule has 0 aliphatic carbocycles. The van der Waals surface area contributed by atoms with Crippen molar-refractivity contribution in [2.45, 2.75) is 26.8 Å². The highest BCUT2D eigenvalue weighted by Gasteiger charge is 2.19. The first-order valence-electron chi connectivity index (χ1n) is 5.70. The maximum Gasteiger partial charge on any atom is 0.328 e. The van der Waals surface area contributed by atoms with Crippen molar-refractivity contribution < 1.29 is 18.7 Å². The van der Waals surface area contributed by atoms with E-state index in [0.29, 0.717) is 5.56 Å². The van der Waals surface area contributed by atoms with Crippen molar-refractivity contribution in [1.29, 1.82) is 0 Å². The standard InChI is InChI=1S/C13H16FNO3/c1-4-18-13(17)9(3)15-12(16)10-7-5-6-8(2)11(10)14/h5-7,9H,4H2,1-3H3,(H,15,16). The van der Waals surface area contributed by atoms with E-state index in [0.717, 1.165) is 0 Å². The van der Waals surface area contributed by atoms with E-state index in [9.17, 15) is 14.0 Å². The molecule has 1 amide bonds. The number of esters is 1. The lowest BCUT2D eigenvalue weighted by atomic mass is 10.1. The van der Waals surface area contributed by atoms with E-state index in [1.165, 1.54) is 13.0 Å². The van der Waals surface area contributed by atoms with Crippen LogP contribution in [0.25, 0.3) is 0 Å². The summed E-state index contributed by atoms with van der Waals surface area (Å²) >= 11 is 0. The third-order valence-corrected chi connectivity index (χ3v) is 2.42. The predicted octanol–water partition coefficient (Wildman–Crippen LogP) is 1.82. The summed E-state index contributed by atoms with van der Waals surface area (Å²) < 4.78 is 18.4. The zero-order valence-corrected chi connectivity index (χ0v) is 10.6. The third kappa shape index (κ3) is 3.29. The van der Waals surface area contributed by atoms with Gasteiger partial charge in [-0.15, -0.1) is 0 Å². The van der Waals surface area contributed by atoms with Gasteiger partial charge in [0, 0.05) is 0 Å². The second-order valence-corrected chi connectivity index (χ2v) is 3.88. The quantitative estimate of drug-likeness (QED) is 0.833. The molecular weight excluding hydrogens is 237 g/mol. The smallest absolute Gasteiger partial charge is 0.328 e. The lowest BCUT2D eigenvalue weighted by Gasteiger charge is -2.13. The minimum absolute atomic E-state index is 0.0776. The van der Waals surface area contributed by atoms with Crippen LogP contribution >= 0.6 is 0 Å². The fourth-order valence-corrected chi connectivity index (χ4v) is 1.42. The Bertz CT molecular complexity index is 460. The van der Waals surface area contributed by atoms with Crippen LogP contribution in [0.5, 0.6) is 0 Å². The predicted molar refractivity (Wildman–Crippen MR) is 64.7 cm³/mol. The van der Waals surface area contributed by atoms with Crippen LogP contribution in [0.15, 0.2) is 18.2 Å². The Morgan fingerprint density at radius 3 is 2.72 bits per heavy atom. The zero-order valence-electron chi connectivity index (χ0n) is 10.6. The maximum absolute atomic E-state index is 13.7.